The molecule has 2 aromatic rings. The van der Waals surface area contributed by atoms with Crippen LogP contribution >= 0.6 is 22.9 Å². The molecule has 0 amide bonds. The average Bonchev–Trinajstić information content (AvgIpc) is 2.84. The Hall–Kier alpha value is -2.19. The van der Waals surface area contributed by atoms with Gasteiger partial charge in [-0.15, -0.1) is 11.3 Å². The standard InChI is InChI=1S/C12H10ClN3O4S/c13-10-2-1-8(21-10)3-4-14-11-9(12(17)18)5-7(6-15-11)16(19)20/h1-2,5-6H,3-4H2,(H,14,15)(H,17,18). The molecule has 9 heteroatoms. The highest BCUT2D eigenvalue weighted by Gasteiger charge is 2.17. The summed E-state index contributed by atoms with van der Waals surface area (Å²) in [6.45, 7) is 0.446. The number of aromatic carboxylic acids is 1. The molecule has 0 unspecified atom stereocenters. The zero-order chi connectivity index (χ0) is 15.4. The molecule has 0 aliphatic rings. The van der Waals surface area contributed by atoms with E-state index in [1.807, 2.05) is 6.07 Å². The highest BCUT2D eigenvalue weighted by Crippen LogP contribution is 2.22. The van der Waals surface area contributed by atoms with Crippen molar-refractivity contribution in [3.8, 4) is 0 Å². The summed E-state index contributed by atoms with van der Waals surface area (Å²) in [5.41, 5.74) is -0.587. The van der Waals surface area contributed by atoms with Crippen molar-refractivity contribution in [3.63, 3.8) is 0 Å². The van der Waals surface area contributed by atoms with Crippen molar-refractivity contribution in [2.45, 2.75) is 6.42 Å². The van der Waals surface area contributed by atoms with Crippen molar-refractivity contribution in [3.05, 3.63) is 49.3 Å². The Kier molecular flexibility index (Phi) is 4.71. The van der Waals surface area contributed by atoms with Crippen LogP contribution in [0.3, 0.4) is 0 Å². The second-order valence-electron chi connectivity index (χ2n) is 4.03. The van der Waals surface area contributed by atoms with Gasteiger partial charge in [0, 0.05) is 17.5 Å². The molecule has 0 aliphatic heterocycles. The minimum atomic E-state index is -1.27. The number of carboxylic acids is 1. The first kappa shape index (κ1) is 15.2. The summed E-state index contributed by atoms with van der Waals surface area (Å²) >= 11 is 7.25. The number of rotatable bonds is 6. The third-order valence-electron chi connectivity index (χ3n) is 2.61. The van der Waals surface area contributed by atoms with Gasteiger partial charge in [0.2, 0.25) is 0 Å². The van der Waals surface area contributed by atoms with Gasteiger partial charge < -0.3 is 10.4 Å². The SMILES string of the molecule is O=C(O)c1cc([N+](=O)[O-])cnc1NCCc1ccc(Cl)s1. The van der Waals surface area contributed by atoms with Crippen molar-refractivity contribution in [1.82, 2.24) is 4.98 Å². The summed E-state index contributed by atoms with van der Waals surface area (Å²) < 4.78 is 0.685. The fourth-order valence-electron chi connectivity index (χ4n) is 1.65. The molecule has 0 aromatic carbocycles. The Morgan fingerprint density at radius 3 is 2.86 bits per heavy atom. The van der Waals surface area contributed by atoms with Crippen molar-refractivity contribution in [1.29, 1.82) is 0 Å². The summed E-state index contributed by atoms with van der Waals surface area (Å²) in [4.78, 5) is 25.9. The lowest BCUT2D eigenvalue weighted by molar-refractivity contribution is -0.385. The van der Waals surface area contributed by atoms with Gasteiger partial charge in [0.1, 0.15) is 17.6 Å². The smallest absolute Gasteiger partial charge is 0.339 e. The number of carboxylic acid groups (broad SMARTS) is 1. The van der Waals surface area contributed by atoms with Gasteiger partial charge >= 0.3 is 5.97 Å². The van der Waals surface area contributed by atoms with Gasteiger partial charge in [0.25, 0.3) is 5.69 Å². The molecular weight excluding hydrogens is 318 g/mol. The first-order valence-electron chi connectivity index (χ1n) is 5.83. The molecule has 2 aromatic heterocycles. The maximum Gasteiger partial charge on any atom is 0.339 e. The molecule has 110 valence electrons. The van der Waals surface area contributed by atoms with E-state index < -0.39 is 10.9 Å². The normalized spacial score (nSPS) is 10.3. The number of carbonyl (C=O) groups is 1. The first-order valence-corrected chi connectivity index (χ1v) is 7.02. The summed E-state index contributed by atoms with van der Waals surface area (Å²) in [6.07, 6.45) is 1.67. The van der Waals surface area contributed by atoms with Gasteiger partial charge in [-0.3, -0.25) is 10.1 Å². The maximum absolute atomic E-state index is 11.1. The Morgan fingerprint density at radius 1 is 1.52 bits per heavy atom. The van der Waals surface area contributed by atoms with Crippen LogP contribution in [0.5, 0.6) is 0 Å². The Morgan fingerprint density at radius 2 is 2.29 bits per heavy atom. The van der Waals surface area contributed by atoms with Crippen LogP contribution in [0.25, 0.3) is 0 Å². The van der Waals surface area contributed by atoms with E-state index in [4.69, 9.17) is 16.7 Å². The minimum Gasteiger partial charge on any atom is -0.478 e. The zero-order valence-corrected chi connectivity index (χ0v) is 12.1. The number of hydrogen-bond donors (Lipinski definition) is 2. The molecule has 2 rings (SSSR count). The molecule has 0 radical (unpaired) electrons. The highest BCUT2D eigenvalue weighted by atomic mass is 35.5. The molecule has 2 heterocycles. The second kappa shape index (κ2) is 6.51. The highest BCUT2D eigenvalue weighted by molar-refractivity contribution is 7.16. The zero-order valence-electron chi connectivity index (χ0n) is 10.6. The number of hydrogen-bond acceptors (Lipinski definition) is 6. The lowest BCUT2D eigenvalue weighted by Crippen LogP contribution is -2.11. The number of thiophene rings is 1. The third-order valence-corrected chi connectivity index (χ3v) is 3.90. The van der Waals surface area contributed by atoms with Gasteiger partial charge in [-0.1, -0.05) is 11.6 Å². The van der Waals surface area contributed by atoms with E-state index in [0.717, 1.165) is 17.1 Å². The second-order valence-corrected chi connectivity index (χ2v) is 5.83. The molecular formula is C12H10ClN3O4S. The predicted molar refractivity (Wildman–Crippen MR) is 79.4 cm³/mol. The summed E-state index contributed by atoms with van der Waals surface area (Å²) in [5.74, 6) is -1.16. The maximum atomic E-state index is 11.1. The number of pyridine rings is 1. The molecule has 7 nitrogen and oxygen atoms in total. The van der Waals surface area contributed by atoms with E-state index in [1.165, 1.54) is 11.3 Å². The Balaban J connectivity index is 2.08. The van der Waals surface area contributed by atoms with Gasteiger partial charge in [0.15, 0.2) is 0 Å². The molecule has 0 spiro atoms. The average molecular weight is 328 g/mol. The third kappa shape index (κ3) is 3.89. The Labute approximate surface area is 128 Å². The molecule has 0 atom stereocenters. The van der Waals surface area contributed by atoms with E-state index >= 15 is 0 Å². The minimum absolute atomic E-state index is 0.107. The number of nitrogens with one attached hydrogen (secondary N) is 1. The van der Waals surface area contributed by atoms with Crippen LogP contribution in [0.4, 0.5) is 11.5 Å². The first-order chi connectivity index (χ1) is 9.97. The summed E-state index contributed by atoms with van der Waals surface area (Å²) in [6, 6.07) is 4.66. The van der Waals surface area contributed by atoms with E-state index in [9.17, 15) is 14.9 Å². The predicted octanol–water partition coefficient (Wildman–Crippen LogP) is 3.06. The summed E-state index contributed by atoms with van der Waals surface area (Å²) in [7, 11) is 0. The lowest BCUT2D eigenvalue weighted by atomic mass is 10.2. The molecule has 0 saturated carbocycles. The quantitative estimate of drug-likeness (QED) is 0.624. The van der Waals surface area contributed by atoms with Crippen LogP contribution < -0.4 is 5.32 Å². The van der Waals surface area contributed by atoms with E-state index in [-0.39, 0.29) is 17.1 Å². The molecule has 0 fully saturated rings. The number of anilines is 1. The Bertz CT molecular complexity index is 689. The van der Waals surface area contributed by atoms with E-state index in [0.29, 0.717) is 17.3 Å². The molecule has 2 N–H and O–H groups in total. The molecule has 0 aliphatic carbocycles. The largest absolute Gasteiger partial charge is 0.478 e. The number of nitro groups is 1. The van der Waals surface area contributed by atoms with Crippen molar-refractivity contribution < 1.29 is 14.8 Å². The molecule has 0 bridgehead atoms. The monoisotopic (exact) mass is 327 g/mol. The van der Waals surface area contributed by atoms with Gasteiger partial charge in [-0.05, 0) is 18.6 Å². The van der Waals surface area contributed by atoms with Gasteiger partial charge in [0.05, 0.1) is 9.26 Å². The van der Waals surface area contributed by atoms with Crippen LogP contribution in [0.15, 0.2) is 24.4 Å². The number of aromatic nitrogens is 1. The fourth-order valence-corrected chi connectivity index (χ4v) is 2.73. The number of halogens is 1. The summed E-state index contributed by atoms with van der Waals surface area (Å²) in [5, 5.41) is 22.6. The van der Waals surface area contributed by atoms with Crippen molar-refractivity contribution in [2.24, 2.45) is 0 Å². The molecule has 21 heavy (non-hydrogen) atoms. The van der Waals surface area contributed by atoms with Crippen LogP contribution in [0.1, 0.15) is 15.2 Å². The topological polar surface area (TPSA) is 105 Å². The lowest BCUT2D eigenvalue weighted by Gasteiger charge is -2.07. The fraction of sp³-hybridized carbons (Fsp3) is 0.167. The van der Waals surface area contributed by atoms with Crippen molar-refractivity contribution in [2.75, 3.05) is 11.9 Å². The van der Waals surface area contributed by atoms with Crippen molar-refractivity contribution >= 4 is 40.4 Å². The van der Waals surface area contributed by atoms with Crippen LogP contribution in [0, 0.1) is 10.1 Å². The van der Waals surface area contributed by atoms with E-state index in [1.54, 1.807) is 6.07 Å². The van der Waals surface area contributed by atoms with Crippen LogP contribution in [-0.4, -0.2) is 27.5 Å². The van der Waals surface area contributed by atoms with Crippen LogP contribution in [0.2, 0.25) is 4.34 Å². The van der Waals surface area contributed by atoms with E-state index in [2.05, 4.69) is 10.3 Å². The van der Waals surface area contributed by atoms with Gasteiger partial charge in [-0.2, -0.15) is 0 Å². The number of nitrogens with zero attached hydrogens (tertiary/aromatic N) is 2. The van der Waals surface area contributed by atoms with Crippen LogP contribution in [-0.2, 0) is 6.42 Å². The molecule has 0 saturated heterocycles. The van der Waals surface area contributed by atoms with Gasteiger partial charge in [-0.25, -0.2) is 9.78 Å².